The summed E-state index contributed by atoms with van der Waals surface area (Å²) in [5.41, 5.74) is 7.49. The standard InChI is InChI=1S/C20H22FN5O2S/c1-10-17(8-22)29-20-18(10)19(23-9-24-20)26-15-4-3-12(21)5-16(15)28-14-6-13(7-14)25-11(2)27/h3-5,9,13-14H,6-8,22H2,1-2H3,(H,25,27)(H,23,24,26). The molecule has 1 fully saturated rings. The molecule has 0 aliphatic heterocycles. The molecule has 2 heterocycles. The molecule has 0 atom stereocenters. The van der Waals surface area contributed by atoms with Crippen LogP contribution in [-0.2, 0) is 11.3 Å². The number of amides is 1. The number of hydrogen-bond acceptors (Lipinski definition) is 7. The summed E-state index contributed by atoms with van der Waals surface area (Å²) in [5, 5.41) is 7.04. The Hall–Kier alpha value is -2.78. The van der Waals surface area contributed by atoms with Gasteiger partial charge in [-0.25, -0.2) is 14.4 Å². The van der Waals surface area contributed by atoms with Gasteiger partial charge in [0.25, 0.3) is 0 Å². The summed E-state index contributed by atoms with van der Waals surface area (Å²) in [6.45, 7) is 3.93. The first-order chi connectivity index (χ1) is 13.9. The zero-order valence-electron chi connectivity index (χ0n) is 16.2. The minimum absolute atomic E-state index is 0.0580. The molecule has 0 saturated heterocycles. The maximum Gasteiger partial charge on any atom is 0.217 e. The monoisotopic (exact) mass is 415 g/mol. The van der Waals surface area contributed by atoms with E-state index in [1.54, 1.807) is 17.4 Å². The average Bonchev–Trinajstić information content (AvgIpc) is 2.98. The lowest BCUT2D eigenvalue weighted by Gasteiger charge is -2.36. The zero-order chi connectivity index (χ0) is 20.5. The van der Waals surface area contributed by atoms with Crippen molar-refractivity contribution < 1.29 is 13.9 Å². The maximum absolute atomic E-state index is 13.9. The third-order valence-electron chi connectivity index (χ3n) is 5.00. The summed E-state index contributed by atoms with van der Waals surface area (Å²) in [6.07, 6.45) is 2.80. The summed E-state index contributed by atoms with van der Waals surface area (Å²) in [5.74, 6) is 0.602. The van der Waals surface area contributed by atoms with E-state index in [9.17, 15) is 9.18 Å². The summed E-state index contributed by atoms with van der Waals surface area (Å²) >= 11 is 1.54. The topological polar surface area (TPSA) is 102 Å². The third kappa shape index (κ3) is 4.01. The van der Waals surface area contributed by atoms with E-state index in [-0.39, 0.29) is 23.9 Å². The Kier molecular flexibility index (Phi) is 5.33. The molecule has 152 valence electrons. The van der Waals surface area contributed by atoms with Gasteiger partial charge < -0.3 is 21.1 Å². The molecule has 4 N–H and O–H groups in total. The molecule has 1 aliphatic carbocycles. The van der Waals surface area contributed by atoms with Crippen molar-refractivity contribution in [2.45, 2.75) is 45.4 Å². The number of thiophene rings is 1. The van der Waals surface area contributed by atoms with Gasteiger partial charge in [-0.15, -0.1) is 11.3 Å². The number of carbonyl (C=O) groups is 1. The molecular weight excluding hydrogens is 393 g/mol. The summed E-state index contributed by atoms with van der Waals surface area (Å²) in [6, 6.07) is 4.47. The van der Waals surface area contributed by atoms with Crippen LogP contribution < -0.4 is 21.1 Å². The lowest BCUT2D eigenvalue weighted by Crippen LogP contribution is -2.48. The highest BCUT2D eigenvalue weighted by atomic mass is 32.1. The highest BCUT2D eigenvalue weighted by Crippen LogP contribution is 2.37. The molecular formula is C20H22FN5O2S. The number of nitrogens with one attached hydrogen (secondary N) is 2. The number of anilines is 2. The molecule has 0 radical (unpaired) electrons. The molecule has 1 aliphatic rings. The van der Waals surface area contributed by atoms with Crippen LogP contribution in [0.4, 0.5) is 15.9 Å². The molecule has 1 saturated carbocycles. The van der Waals surface area contributed by atoms with E-state index in [1.807, 2.05) is 6.92 Å². The first-order valence-corrected chi connectivity index (χ1v) is 10.2. The molecule has 1 aromatic carbocycles. The molecule has 3 aromatic rings. The van der Waals surface area contributed by atoms with Crippen LogP contribution in [-0.4, -0.2) is 28.0 Å². The van der Waals surface area contributed by atoms with Gasteiger partial charge in [0.15, 0.2) is 0 Å². The van der Waals surface area contributed by atoms with E-state index < -0.39 is 0 Å². The number of aryl methyl sites for hydroxylation is 1. The lowest BCUT2D eigenvalue weighted by atomic mass is 9.89. The highest BCUT2D eigenvalue weighted by Gasteiger charge is 2.32. The second-order valence-electron chi connectivity index (χ2n) is 7.13. The van der Waals surface area contributed by atoms with E-state index in [0.717, 1.165) is 20.7 Å². The first kappa shape index (κ1) is 19.5. The van der Waals surface area contributed by atoms with Crippen LogP contribution in [0.2, 0.25) is 0 Å². The normalized spacial score (nSPS) is 18.3. The van der Waals surface area contributed by atoms with Crippen LogP contribution in [0.5, 0.6) is 5.75 Å². The number of carbonyl (C=O) groups excluding carboxylic acids is 1. The summed E-state index contributed by atoms with van der Waals surface area (Å²) in [7, 11) is 0. The number of hydrogen-bond donors (Lipinski definition) is 3. The van der Waals surface area contributed by atoms with Gasteiger partial charge in [-0.1, -0.05) is 0 Å². The fraction of sp³-hybridized carbons (Fsp3) is 0.350. The van der Waals surface area contributed by atoms with Gasteiger partial charge >= 0.3 is 0 Å². The number of nitrogens with zero attached hydrogens (tertiary/aromatic N) is 2. The van der Waals surface area contributed by atoms with E-state index in [0.29, 0.717) is 36.6 Å². The Labute approximate surface area is 171 Å². The fourth-order valence-electron chi connectivity index (χ4n) is 3.48. The van der Waals surface area contributed by atoms with Crippen LogP contribution >= 0.6 is 11.3 Å². The average molecular weight is 415 g/mol. The number of benzene rings is 1. The van der Waals surface area contributed by atoms with Gasteiger partial charge in [0, 0.05) is 43.3 Å². The lowest BCUT2D eigenvalue weighted by molar-refractivity contribution is -0.120. The highest BCUT2D eigenvalue weighted by molar-refractivity contribution is 7.18. The van der Waals surface area contributed by atoms with Gasteiger partial charge in [-0.2, -0.15) is 0 Å². The van der Waals surface area contributed by atoms with E-state index in [1.165, 1.54) is 25.4 Å². The zero-order valence-corrected chi connectivity index (χ0v) is 17.0. The quantitative estimate of drug-likeness (QED) is 0.570. The Bertz CT molecular complexity index is 1060. The molecule has 0 spiro atoms. The van der Waals surface area contributed by atoms with E-state index >= 15 is 0 Å². The number of nitrogens with two attached hydrogens (primary N) is 1. The molecule has 7 nitrogen and oxygen atoms in total. The predicted octanol–water partition coefficient (Wildman–Crippen LogP) is 3.39. The SMILES string of the molecule is CC(=O)NC1CC(Oc2cc(F)ccc2Nc2ncnc3sc(CN)c(C)c23)C1. The van der Waals surface area contributed by atoms with Crippen molar-refractivity contribution in [1.29, 1.82) is 0 Å². The molecule has 4 rings (SSSR count). The second-order valence-corrected chi connectivity index (χ2v) is 8.21. The minimum Gasteiger partial charge on any atom is -0.488 e. The molecule has 2 aromatic heterocycles. The van der Waals surface area contributed by atoms with Crippen LogP contribution in [0.25, 0.3) is 10.2 Å². The first-order valence-electron chi connectivity index (χ1n) is 9.38. The van der Waals surface area contributed by atoms with E-state index in [2.05, 4.69) is 20.6 Å². The molecule has 9 heteroatoms. The van der Waals surface area contributed by atoms with Crippen molar-refractivity contribution in [3.05, 3.63) is 40.8 Å². The molecule has 29 heavy (non-hydrogen) atoms. The Balaban J connectivity index is 1.58. The minimum atomic E-state index is -0.381. The molecule has 0 bridgehead atoms. The second kappa shape index (κ2) is 7.92. The van der Waals surface area contributed by atoms with Crippen molar-refractivity contribution in [1.82, 2.24) is 15.3 Å². The summed E-state index contributed by atoms with van der Waals surface area (Å²) in [4.78, 5) is 21.8. The van der Waals surface area contributed by atoms with Crippen LogP contribution in [0.15, 0.2) is 24.5 Å². The van der Waals surface area contributed by atoms with Crippen molar-refractivity contribution >= 4 is 39.0 Å². The number of fused-ring (bicyclic) bond motifs is 1. The molecule has 1 amide bonds. The van der Waals surface area contributed by atoms with Crippen molar-refractivity contribution in [3.8, 4) is 5.75 Å². The van der Waals surface area contributed by atoms with Crippen LogP contribution in [0.1, 0.15) is 30.2 Å². The maximum atomic E-state index is 13.9. The van der Waals surface area contributed by atoms with Crippen molar-refractivity contribution in [2.75, 3.05) is 5.32 Å². The Morgan fingerprint density at radius 3 is 2.90 bits per heavy atom. The van der Waals surface area contributed by atoms with Gasteiger partial charge in [-0.3, -0.25) is 4.79 Å². The van der Waals surface area contributed by atoms with Crippen molar-refractivity contribution in [3.63, 3.8) is 0 Å². The smallest absolute Gasteiger partial charge is 0.217 e. The van der Waals surface area contributed by atoms with Gasteiger partial charge in [0.2, 0.25) is 5.91 Å². The third-order valence-corrected chi connectivity index (χ3v) is 6.23. The fourth-order valence-corrected chi connectivity index (χ4v) is 4.50. The van der Waals surface area contributed by atoms with Gasteiger partial charge in [0.05, 0.1) is 11.1 Å². The summed E-state index contributed by atoms with van der Waals surface area (Å²) < 4.78 is 19.9. The predicted molar refractivity (Wildman–Crippen MR) is 111 cm³/mol. The Morgan fingerprint density at radius 1 is 1.38 bits per heavy atom. The van der Waals surface area contributed by atoms with E-state index in [4.69, 9.17) is 10.5 Å². The number of halogens is 1. The largest absolute Gasteiger partial charge is 0.488 e. The van der Waals surface area contributed by atoms with Crippen molar-refractivity contribution in [2.24, 2.45) is 5.73 Å². The number of aromatic nitrogens is 2. The Morgan fingerprint density at radius 2 is 2.17 bits per heavy atom. The van der Waals surface area contributed by atoms with Gasteiger partial charge in [-0.05, 0) is 24.6 Å². The number of rotatable bonds is 6. The van der Waals surface area contributed by atoms with Crippen LogP contribution in [0, 0.1) is 12.7 Å². The van der Waals surface area contributed by atoms with Crippen LogP contribution in [0.3, 0.4) is 0 Å². The number of ether oxygens (including phenoxy) is 1. The molecule has 0 unspecified atom stereocenters. The van der Waals surface area contributed by atoms with Gasteiger partial charge in [0.1, 0.15) is 34.6 Å².